The van der Waals surface area contributed by atoms with Crippen LogP contribution in [0.25, 0.3) is 0 Å². The zero-order valence-electron chi connectivity index (χ0n) is 15.2. The van der Waals surface area contributed by atoms with E-state index in [-0.39, 0.29) is 11.5 Å². The third-order valence-electron chi connectivity index (χ3n) is 5.24. The van der Waals surface area contributed by atoms with E-state index in [0.717, 1.165) is 18.4 Å². The van der Waals surface area contributed by atoms with Crippen LogP contribution in [0.5, 0.6) is 5.75 Å². The molecule has 1 aliphatic rings. The molecule has 0 radical (unpaired) electrons. The van der Waals surface area contributed by atoms with Crippen LogP contribution in [0.1, 0.15) is 77.7 Å². The van der Waals surface area contributed by atoms with E-state index in [1.54, 1.807) is 6.07 Å². The molecular formula is C21H34O2. The van der Waals surface area contributed by atoms with Gasteiger partial charge in [0.05, 0.1) is 12.2 Å². The fourth-order valence-corrected chi connectivity index (χ4v) is 3.73. The van der Waals surface area contributed by atoms with E-state index in [1.807, 2.05) is 18.2 Å². The van der Waals surface area contributed by atoms with Crippen molar-refractivity contribution in [2.75, 3.05) is 0 Å². The average Bonchev–Trinajstić information content (AvgIpc) is 2.54. The smallest absolute Gasteiger partial charge is 0.118 e. The summed E-state index contributed by atoms with van der Waals surface area (Å²) in [6.07, 6.45) is 11.5. The number of aromatic hydroxyl groups is 1. The van der Waals surface area contributed by atoms with Gasteiger partial charge in [-0.3, -0.25) is 0 Å². The minimum absolute atomic E-state index is 0.0332. The first kappa shape index (κ1) is 18.3. The number of rotatable bonds is 8. The largest absolute Gasteiger partial charge is 0.508 e. The van der Waals surface area contributed by atoms with Crippen molar-refractivity contribution in [1.82, 2.24) is 0 Å². The van der Waals surface area contributed by atoms with Gasteiger partial charge < -0.3 is 9.84 Å². The van der Waals surface area contributed by atoms with Gasteiger partial charge in [0.15, 0.2) is 0 Å². The standard InChI is InChI=1S/C21H34O2/c1-4-5-15-20(23-18-12-7-6-8-13-18)21(2,3)16-17-11-9-10-14-19(17)22/h9-11,14,18,20,22H,4-8,12-13,15-16H2,1-3H3. The van der Waals surface area contributed by atoms with Gasteiger partial charge in [-0.15, -0.1) is 0 Å². The third-order valence-corrected chi connectivity index (χ3v) is 5.24. The van der Waals surface area contributed by atoms with Crippen molar-refractivity contribution in [3.63, 3.8) is 0 Å². The number of unbranched alkanes of at least 4 members (excludes halogenated alkanes) is 1. The second kappa shape index (κ2) is 8.73. The molecule has 0 bridgehead atoms. The highest BCUT2D eigenvalue weighted by Gasteiger charge is 2.33. The molecule has 1 fully saturated rings. The predicted octanol–water partition coefficient (Wildman–Crippen LogP) is 5.87. The van der Waals surface area contributed by atoms with Crippen LogP contribution in [0.4, 0.5) is 0 Å². The molecule has 1 saturated carbocycles. The van der Waals surface area contributed by atoms with E-state index in [0.29, 0.717) is 11.9 Å². The Balaban J connectivity index is 2.06. The van der Waals surface area contributed by atoms with E-state index in [2.05, 4.69) is 20.8 Å². The monoisotopic (exact) mass is 318 g/mol. The van der Waals surface area contributed by atoms with Crippen LogP contribution in [-0.2, 0) is 11.2 Å². The Hall–Kier alpha value is -1.02. The van der Waals surface area contributed by atoms with Crippen LogP contribution in [0.2, 0.25) is 0 Å². The first-order chi connectivity index (χ1) is 11.0. The Kier molecular flexibility index (Phi) is 6.95. The first-order valence-corrected chi connectivity index (χ1v) is 9.45. The van der Waals surface area contributed by atoms with Gasteiger partial charge in [-0.2, -0.15) is 0 Å². The summed E-state index contributed by atoms with van der Waals surface area (Å²) < 4.78 is 6.59. The average molecular weight is 319 g/mol. The summed E-state index contributed by atoms with van der Waals surface area (Å²) in [7, 11) is 0. The Morgan fingerprint density at radius 3 is 2.52 bits per heavy atom. The zero-order chi connectivity index (χ0) is 16.7. The zero-order valence-corrected chi connectivity index (χ0v) is 15.2. The summed E-state index contributed by atoms with van der Waals surface area (Å²) in [5.74, 6) is 0.410. The maximum atomic E-state index is 10.1. The Morgan fingerprint density at radius 1 is 1.17 bits per heavy atom. The molecule has 0 saturated heterocycles. The lowest BCUT2D eigenvalue weighted by molar-refractivity contribution is -0.0880. The van der Waals surface area contributed by atoms with E-state index < -0.39 is 0 Å². The van der Waals surface area contributed by atoms with Crippen LogP contribution in [-0.4, -0.2) is 17.3 Å². The molecule has 0 amide bonds. The van der Waals surface area contributed by atoms with E-state index in [4.69, 9.17) is 4.74 Å². The molecule has 1 aliphatic carbocycles. The van der Waals surface area contributed by atoms with Crippen molar-refractivity contribution in [3.05, 3.63) is 29.8 Å². The Morgan fingerprint density at radius 2 is 1.87 bits per heavy atom. The minimum Gasteiger partial charge on any atom is -0.508 e. The molecule has 23 heavy (non-hydrogen) atoms. The van der Waals surface area contributed by atoms with Gasteiger partial charge in [0.25, 0.3) is 0 Å². The molecule has 1 aromatic rings. The Labute approximate surface area is 142 Å². The summed E-state index contributed by atoms with van der Waals surface area (Å²) in [6.45, 7) is 6.83. The summed E-state index contributed by atoms with van der Waals surface area (Å²) in [4.78, 5) is 0. The molecule has 130 valence electrons. The number of phenolic OH excluding ortho intramolecular Hbond substituents is 1. The molecule has 2 rings (SSSR count). The van der Waals surface area contributed by atoms with Gasteiger partial charge in [-0.05, 0) is 42.7 Å². The number of phenols is 1. The molecule has 1 unspecified atom stereocenters. The van der Waals surface area contributed by atoms with E-state index >= 15 is 0 Å². The van der Waals surface area contributed by atoms with Crippen molar-refractivity contribution in [1.29, 1.82) is 0 Å². The summed E-state index contributed by atoms with van der Waals surface area (Å²) in [5, 5.41) is 10.1. The fraction of sp³-hybridized carbons (Fsp3) is 0.714. The van der Waals surface area contributed by atoms with Gasteiger partial charge in [0.1, 0.15) is 5.75 Å². The van der Waals surface area contributed by atoms with Crippen LogP contribution < -0.4 is 0 Å². The van der Waals surface area contributed by atoms with Gasteiger partial charge in [-0.25, -0.2) is 0 Å². The lowest BCUT2D eigenvalue weighted by atomic mass is 9.78. The van der Waals surface area contributed by atoms with Crippen molar-refractivity contribution in [2.45, 2.75) is 90.8 Å². The first-order valence-electron chi connectivity index (χ1n) is 9.45. The van der Waals surface area contributed by atoms with Crippen molar-refractivity contribution < 1.29 is 9.84 Å². The maximum Gasteiger partial charge on any atom is 0.118 e. The van der Waals surface area contributed by atoms with E-state index in [1.165, 1.54) is 44.9 Å². The normalized spacial score (nSPS) is 18.0. The Bertz CT molecular complexity index is 461. The second-order valence-electron chi connectivity index (χ2n) is 7.82. The number of hydrogen-bond acceptors (Lipinski definition) is 2. The number of hydrogen-bond donors (Lipinski definition) is 1. The second-order valence-corrected chi connectivity index (χ2v) is 7.82. The summed E-state index contributed by atoms with van der Waals surface area (Å²) in [6, 6.07) is 7.72. The molecule has 1 N–H and O–H groups in total. The molecule has 1 aromatic carbocycles. The van der Waals surface area contributed by atoms with Gasteiger partial charge in [-0.1, -0.05) is 71.1 Å². The lowest BCUT2D eigenvalue weighted by Gasteiger charge is -2.38. The molecular weight excluding hydrogens is 284 g/mol. The quantitative estimate of drug-likeness (QED) is 0.649. The summed E-state index contributed by atoms with van der Waals surface area (Å²) in [5.41, 5.74) is 1.07. The van der Waals surface area contributed by atoms with E-state index in [9.17, 15) is 5.11 Å². The topological polar surface area (TPSA) is 29.5 Å². The summed E-state index contributed by atoms with van der Waals surface area (Å²) >= 11 is 0. The van der Waals surface area contributed by atoms with Gasteiger partial charge in [0.2, 0.25) is 0 Å². The molecule has 0 aliphatic heterocycles. The van der Waals surface area contributed by atoms with Crippen LogP contribution in [0.3, 0.4) is 0 Å². The van der Waals surface area contributed by atoms with Crippen molar-refractivity contribution in [3.8, 4) is 5.75 Å². The number of ether oxygens (including phenoxy) is 1. The fourth-order valence-electron chi connectivity index (χ4n) is 3.73. The maximum absolute atomic E-state index is 10.1. The highest BCUT2D eigenvalue weighted by atomic mass is 16.5. The minimum atomic E-state index is 0.0332. The molecule has 1 atom stereocenters. The third kappa shape index (κ3) is 5.53. The van der Waals surface area contributed by atoms with Gasteiger partial charge >= 0.3 is 0 Å². The lowest BCUT2D eigenvalue weighted by Crippen LogP contribution is -2.37. The van der Waals surface area contributed by atoms with Crippen LogP contribution >= 0.6 is 0 Å². The van der Waals surface area contributed by atoms with Gasteiger partial charge in [0, 0.05) is 0 Å². The van der Waals surface area contributed by atoms with Crippen molar-refractivity contribution in [2.24, 2.45) is 5.41 Å². The SMILES string of the molecule is CCCCC(OC1CCCCC1)C(C)(C)Cc1ccccc1O. The number of para-hydroxylation sites is 1. The number of benzene rings is 1. The highest BCUT2D eigenvalue weighted by Crippen LogP contribution is 2.36. The molecule has 2 nitrogen and oxygen atoms in total. The molecule has 0 spiro atoms. The molecule has 0 heterocycles. The molecule has 2 heteroatoms. The van der Waals surface area contributed by atoms with Crippen LogP contribution in [0.15, 0.2) is 24.3 Å². The highest BCUT2D eigenvalue weighted by molar-refractivity contribution is 5.32. The molecule has 0 aromatic heterocycles. The van der Waals surface area contributed by atoms with Crippen molar-refractivity contribution >= 4 is 0 Å². The predicted molar refractivity (Wildman–Crippen MR) is 96.9 cm³/mol. The van der Waals surface area contributed by atoms with Crippen LogP contribution in [0, 0.1) is 5.41 Å².